The van der Waals surface area contributed by atoms with Crippen LogP contribution >= 0.6 is 15.9 Å². The predicted octanol–water partition coefficient (Wildman–Crippen LogP) is 5.16. The van der Waals surface area contributed by atoms with Crippen molar-refractivity contribution in [3.63, 3.8) is 0 Å². The Bertz CT molecular complexity index is 266. The van der Waals surface area contributed by atoms with Gasteiger partial charge in [0.15, 0.2) is 0 Å². The Morgan fingerprint density at radius 2 is 1.12 bits per heavy atom. The second-order valence-corrected chi connectivity index (χ2v) is 9.22. The van der Waals surface area contributed by atoms with Gasteiger partial charge in [-0.3, -0.25) is 0 Å². The van der Waals surface area contributed by atoms with E-state index in [1.807, 2.05) is 0 Å². The van der Waals surface area contributed by atoms with Gasteiger partial charge in [-0.05, 0) is 66.6 Å². The van der Waals surface area contributed by atoms with E-state index in [1.165, 1.54) is 50.3 Å². The minimum absolute atomic E-state index is 0.667. The molecule has 0 radical (unpaired) electrons. The van der Waals surface area contributed by atoms with Crippen LogP contribution in [0.4, 0.5) is 0 Å². The molecule has 0 aliphatic heterocycles. The third kappa shape index (κ3) is 1.61. The molecular weight excluding hydrogens is 260 g/mol. The molecular formula is C15H25Br. The summed E-state index contributed by atoms with van der Waals surface area (Å²) in [6.45, 7) is 7.72. The zero-order chi connectivity index (χ0) is 11.7. The molecule has 0 aromatic carbocycles. The zero-order valence-electron chi connectivity index (χ0n) is 11.0. The summed E-state index contributed by atoms with van der Waals surface area (Å²) in [5.74, 6) is 0. The molecule has 0 spiro atoms. The van der Waals surface area contributed by atoms with E-state index in [9.17, 15) is 0 Å². The van der Waals surface area contributed by atoms with Crippen LogP contribution in [0.3, 0.4) is 0 Å². The lowest BCUT2D eigenvalue weighted by Gasteiger charge is -2.69. The van der Waals surface area contributed by atoms with Gasteiger partial charge in [-0.1, -0.05) is 36.7 Å². The monoisotopic (exact) mass is 284 g/mol. The molecule has 0 saturated heterocycles. The van der Waals surface area contributed by atoms with Crippen LogP contribution in [0.1, 0.15) is 65.7 Å². The van der Waals surface area contributed by atoms with Crippen LogP contribution in [-0.2, 0) is 0 Å². The number of halogens is 1. The lowest BCUT2D eigenvalue weighted by molar-refractivity contribution is -0.183. The molecule has 16 heavy (non-hydrogen) atoms. The molecule has 92 valence electrons. The molecule has 4 fully saturated rings. The summed E-state index contributed by atoms with van der Waals surface area (Å²) >= 11 is 3.69. The normalized spacial score (nSPS) is 59.2. The standard InChI is InChI=1S/C15H25Br/c1-12-6-13(2)8-14(3,7-12)11-15(9-12,10-13)4-5-16/h4-11H2,1-3H3. The molecule has 4 bridgehead atoms. The molecule has 0 heterocycles. The van der Waals surface area contributed by atoms with Crippen molar-refractivity contribution < 1.29 is 0 Å². The quantitative estimate of drug-likeness (QED) is 0.615. The summed E-state index contributed by atoms with van der Waals surface area (Å²) in [5, 5.41) is 1.20. The molecule has 0 unspecified atom stereocenters. The first-order valence-electron chi connectivity index (χ1n) is 6.86. The maximum absolute atomic E-state index is 3.69. The SMILES string of the molecule is CC12CC3(C)CC(C)(C1)CC(CCBr)(C2)C3. The van der Waals surface area contributed by atoms with Crippen LogP contribution < -0.4 is 0 Å². The van der Waals surface area contributed by atoms with Crippen molar-refractivity contribution in [2.45, 2.75) is 65.7 Å². The molecule has 0 atom stereocenters. The van der Waals surface area contributed by atoms with Gasteiger partial charge >= 0.3 is 0 Å². The maximum atomic E-state index is 3.69. The summed E-state index contributed by atoms with van der Waals surface area (Å²) in [4.78, 5) is 0. The predicted molar refractivity (Wildman–Crippen MR) is 72.9 cm³/mol. The van der Waals surface area contributed by atoms with Crippen LogP contribution in [-0.4, -0.2) is 5.33 Å². The van der Waals surface area contributed by atoms with E-state index >= 15 is 0 Å². The fraction of sp³-hybridized carbons (Fsp3) is 1.00. The highest BCUT2D eigenvalue weighted by Crippen LogP contribution is 2.74. The topological polar surface area (TPSA) is 0 Å². The Morgan fingerprint density at radius 3 is 1.44 bits per heavy atom. The van der Waals surface area contributed by atoms with E-state index in [-0.39, 0.29) is 0 Å². The summed E-state index contributed by atoms with van der Waals surface area (Å²) in [6.07, 6.45) is 10.4. The molecule has 0 aromatic rings. The Hall–Kier alpha value is 0.480. The van der Waals surface area contributed by atoms with Crippen LogP contribution in [0.15, 0.2) is 0 Å². The summed E-state index contributed by atoms with van der Waals surface area (Å²) in [7, 11) is 0. The van der Waals surface area contributed by atoms with E-state index in [4.69, 9.17) is 0 Å². The van der Waals surface area contributed by atoms with Gasteiger partial charge in [0.25, 0.3) is 0 Å². The zero-order valence-corrected chi connectivity index (χ0v) is 12.6. The van der Waals surface area contributed by atoms with Crippen LogP contribution in [0.2, 0.25) is 0 Å². The molecule has 4 rings (SSSR count). The first-order chi connectivity index (χ1) is 7.30. The molecule has 0 amide bonds. The minimum Gasteiger partial charge on any atom is -0.0928 e. The lowest BCUT2D eigenvalue weighted by Crippen LogP contribution is -2.58. The largest absolute Gasteiger partial charge is 0.0928 e. The molecule has 0 N–H and O–H groups in total. The van der Waals surface area contributed by atoms with Gasteiger partial charge < -0.3 is 0 Å². The van der Waals surface area contributed by atoms with E-state index in [2.05, 4.69) is 36.7 Å². The third-order valence-corrected chi connectivity index (χ3v) is 5.99. The summed E-state index contributed by atoms with van der Waals surface area (Å²) < 4.78 is 0. The second kappa shape index (κ2) is 3.08. The van der Waals surface area contributed by atoms with Gasteiger partial charge in [0.1, 0.15) is 0 Å². The van der Waals surface area contributed by atoms with Crippen molar-refractivity contribution in [3.05, 3.63) is 0 Å². The highest BCUT2D eigenvalue weighted by atomic mass is 79.9. The van der Waals surface area contributed by atoms with Crippen molar-refractivity contribution >= 4 is 15.9 Å². The van der Waals surface area contributed by atoms with E-state index in [1.54, 1.807) is 0 Å². The first-order valence-corrected chi connectivity index (χ1v) is 7.98. The average Bonchev–Trinajstić information content (AvgIpc) is 1.91. The van der Waals surface area contributed by atoms with Crippen LogP contribution in [0.5, 0.6) is 0 Å². The third-order valence-electron chi connectivity index (χ3n) is 5.59. The molecule has 1 heteroatoms. The Morgan fingerprint density at radius 1 is 0.750 bits per heavy atom. The summed E-state index contributed by atoms with van der Waals surface area (Å²) in [6, 6.07) is 0. The molecule has 0 nitrogen and oxygen atoms in total. The highest BCUT2D eigenvalue weighted by Gasteiger charge is 2.63. The highest BCUT2D eigenvalue weighted by molar-refractivity contribution is 9.09. The molecule has 4 saturated carbocycles. The number of hydrogen-bond donors (Lipinski definition) is 0. The fourth-order valence-corrected chi connectivity index (χ4v) is 7.86. The minimum atomic E-state index is 0.667. The van der Waals surface area contributed by atoms with Gasteiger partial charge in [-0.15, -0.1) is 0 Å². The van der Waals surface area contributed by atoms with Gasteiger partial charge in [0.05, 0.1) is 0 Å². The van der Waals surface area contributed by atoms with E-state index in [0.717, 1.165) is 0 Å². The first kappa shape index (κ1) is 11.6. The summed E-state index contributed by atoms with van der Waals surface area (Å²) in [5.41, 5.74) is 2.69. The van der Waals surface area contributed by atoms with E-state index < -0.39 is 0 Å². The van der Waals surface area contributed by atoms with Gasteiger partial charge in [0, 0.05) is 5.33 Å². The fourth-order valence-electron chi connectivity index (χ4n) is 7.02. The van der Waals surface area contributed by atoms with Gasteiger partial charge in [-0.25, -0.2) is 0 Å². The smallest absolute Gasteiger partial charge is 0.00365 e. The van der Waals surface area contributed by atoms with Crippen molar-refractivity contribution in [3.8, 4) is 0 Å². The van der Waals surface area contributed by atoms with Gasteiger partial charge in [0.2, 0.25) is 0 Å². The van der Waals surface area contributed by atoms with Gasteiger partial charge in [-0.2, -0.15) is 0 Å². The van der Waals surface area contributed by atoms with E-state index in [0.29, 0.717) is 21.7 Å². The number of rotatable bonds is 2. The maximum Gasteiger partial charge on any atom is 0.00365 e. The Kier molecular flexibility index (Phi) is 2.22. The molecule has 4 aliphatic carbocycles. The van der Waals surface area contributed by atoms with Crippen molar-refractivity contribution in [2.75, 3.05) is 5.33 Å². The van der Waals surface area contributed by atoms with Crippen molar-refractivity contribution in [1.29, 1.82) is 0 Å². The number of alkyl halides is 1. The molecule has 0 aromatic heterocycles. The van der Waals surface area contributed by atoms with Crippen molar-refractivity contribution in [2.24, 2.45) is 21.7 Å². The lowest BCUT2D eigenvalue weighted by atomic mass is 9.36. The Balaban J connectivity index is 2.00. The molecule has 4 aliphatic rings. The Labute approximate surface area is 109 Å². The number of hydrogen-bond acceptors (Lipinski definition) is 0. The van der Waals surface area contributed by atoms with Crippen LogP contribution in [0, 0.1) is 21.7 Å². The van der Waals surface area contributed by atoms with Crippen LogP contribution in [0.25, 0.3) is 0 Å². The van der Waals surface area contributed by atoms with Crippen molar-refractivity contribution in [1.82, 2.24) is 0 Å². The second-order valence-electron chi connectivity index (χ2n) is 8.43. The average molecular weight is 285 g/mol.